The van der Waals surface area contributed by atoms with Gasteiger partial charge in [-0.25, -0.2) is 14.5 Å². The Morgan fingerprint density at radius 1 is 0.758 bits per heavy atom. The van der Waals surface area contributed by atoms with Gasteiger partial charge in [0, 0.05) is 68.5 Å². The minimum atomic E-state index is 0.802. The van der Waals surface area contributed by atoms with Crippen LogP contribution >= 0.6 is 0 Å². The molecule has 164 valence electrons. The maximum atomic E-state index is 4.64. The molecular weight excluding hydrogens is 412 g/mol. The Kier molecular flexibility index (Phi) is 4.95. The van der Waals surface area contributed by atoms with Gasteiger partial charge < -0.3 is 9.80 Å². The lowest BCUT2D eigenvalue weighted by Gasteiger charge is -2.35. The number of nitrogens with one attached hydrogen (secondary N) is 1. The maximum Gasteiger partial charge on any atom is 0.225 e. The molecule has 0 radical (unpaired) electrons. The van der Waals surface area contributed by atoms with Crippen molar-refractivity contribution in [3.8, 4) is 11.1 Å². The van der Waals surface area contributed by atoms with Crippen molar-refractivity contribution in [2.45, 2.75) is 6.42 Å². The van der Waals surface area contributed by atoms with Crippen LogP contribution < -0.4 is 9.80 Å². The van der Waals surface area contributed by atoms with Gasteiger partial charge in [-0.3, -0.25) is 5.10 Å². The van der Waals surface area contributed by atoms with Crippen LogP contribution in [0.25, 0.3) is 16.6 Å². The molecule has 1 aliphatic rings. The number of fused-ring (bicyclic) bond motifs is 1. The second kappa shape index (κ2) is 8.38. The van der Waals surface area contributed by atoms with Crippen LogP contribution in [0, 0.1) is 0 Å². The van der Waals surface area contributed by atoms with Crippen molar-refractivity contribution in [2.75, 3.05) is 36.0 Å². The van der Waals surface area contributed by atoms with E-state index in [4.69, 9.17) is 0 Å². The van der Waals surface area contributed by atoms with Crippen molar-refractivity contribution in [3.05, 3.63) is 90.8 Å². The van der Waals surface area contributed by atoms with Gasteiger partial charge in [0.1, 0.15) is 0 Å². The van der Waals surface area contributed by atoms with Gasteiger partial charge in [-0.15, -0.1) is 0 Å². The second-order valence-electron chi connectivity index (χ2n) is 8.29. The normalized spacial score (nSPS) is 14.2. The SMILES string of the molecule is c1ccc(Cc2cnc(N3CCN(c4cnn5cc(-c6cn[nH]c6)ccc45)CC3)nc2)cc1. The number of aromatic nitrogens is 6. The molecule has 0 unspecified atom stereocenters. The number of H-pyrrole nitrogens is 1. The fourth-order valence-electron chi connectivity index (χ4n) is 4.38. The second-order valence-corrected chi connectivity index (χ2v) is 8.29. The molecule has 0 spiro atoms. The van der Waals surface area contributed by atoms with Crippen molar-refractivity contribution >= 4 is 17.2 Å². The predicted octanol–water partition coefficient (Wildman–Crippen LogP) is 3.43. The molecule has 1 fully saturated rings. The average molecular weight is 437 g/mol. The summed E-state index contributed by atoms with van der Waals surface area (Å²) in [6.07, 6.45) is 12.5. The van der Waals surface area contributed by atoms with Crippen LogP contribution in [0.1, 0.15) is 11.1 Å². The van der Waals surface area contributed by atoms with Gasteiger partial charge in [-0.05, 0) is 17.2 Å². The lowest BCUT2D eigenvalue weighted by Crippen LogP contribution is -2.47. The summed E-state index contributed by atoms with van der Waals surface area (Å²) in [5, 5.41) is 11.5. The number of anilines is 2. The number of hydrogen-bond acceptors (Lipinski definition) is 6. The van der Waals surface area contributed by atoms with Crippen LogP contribution in [0.4, 0.5) is 11.6 Å². The average Bonchev–Trinajstić information content (AvgIpc) is 3.55. The number of piperazine rings is 1. The highest BCUT2D eigenvalue weighted by atomic mass is 15.3. The smallest absolute Gasteiger partial charge is 0.225 e. The first kappa shape index (κ1) is 19.5. The number of aromatic amines is 1. The number of pyridine rings is 1. The molecule has 4 aromatic heterocycles. The molecule has 8 heteroatoms. The third-order valence-corrected chi connectivity index (χ3v) is 6.17. The Bertz CT molecular complexity index is 1330. The van der Waals surface area contributed by atoms with Crippen molar-refractivity contribution < 1.29 is 0 Å². The van der Waals surface area contributed by atoms with Crippen LogP contribution in [-0.2, 0) is 6.42 Å². The summed E-state index contributed by atoms with van der Waals surface area (Å²) in [6.45, 7) is 3.56. The largest absolute Gasteiger partial charge is 0.365 e. The van der Waals surface area contributed by atoms with E-state index in [1.54, 1.807) is 0 Å². The van der Waals surface area contributed by atoms with Crippen molar-refractivity contribution in [3.63, 3.8) is 0 Å². The molecule has 0 aliphatic carbocycles. The van der Waals surface area contributed by atoms with Gasteiger partial charge in [0.05, 0.1) is 23.6 Å². The molecule has 0 amide bonds. The highest BCUT2D eigenvalue weighted by molar-refractivity contribution is 5.75. The predicted molar refractivity (Wildman–Crippen MR) is 128 cm³/mol. The number of rotatable bonds is 5. The highest BCUT2D eigenvalue weighted by Gasteiger charge is 2.21. The third kappa shape index (κ3) is 3.91. The Balaban J connectivity index is 1.12. The van der Waals surface area contributed by atoms with E-state index in [-0.39, 0.29) is 0 Å². The molecule has 0 atom stereocenters. The molecule has 6 rings (SSSR count). The van der Waals surface area contributed by atoms with Crippen LogP contribution in [0.2, 0.25) is 0 Å². The Morgan fingerprint density at radius 2 is 1.55 bits per heavy atom. The minimum Gasteiger partial charge on any atom is -0.365 e. The van der Waals surface area contributed by atoms with Gasteiger partial charge in [0.2, 0.25) is 5.95 Å². The summed E-state index contributed by atoms with van der Waals surface area (Å²) < 4.78 is 1.94. The van der Waals surface area contributed by atoms with Crippen LogP contribution in [-0.4, -0.2) is 56.0 Å². The number of hydrogen-bond donors (Lipinski definition) is 1. The minimum absolute atomic E-state index is 0.802. The Morgan fingerprint density at radius 3 is 2.30 bits per heavy atom. The lowest BCUT2D eigenvalue weighted by atomic mass is 10.1. The maximum absolute atomic E-state index is 4.64. The van der Waals surface area contributed by atoms with Gasteiger partial charge in [0.25, 0.3) is 0 Å². The highest BCUT2D eigenvalue weighted by Crippen LogP contribution is 2.26. The standard InChI is InChI=1S/C25H24N8/c1-2-4-19(5-3-1)12-20-13-26-25(27-14-20)32-10-8-31(9-11-32)24-17-30-33-18-21(6-7-23(24)33)22-15-28-29-16-22/h1-7,13-18H,8-12H2,(H,28,29). The summed E-state index contributed by atoms with van der Waals surface area (Å²) in [4.78, 5) is 13.9. The molecule has 8 nitrogen and oxygen atoms in total. The summed E-state index contributed by atoms with van der Waals surface area (Å²) in [7, 11) is 0. The zero-order valence-corrected chi connectivity index (χ0v) is 18.2. The third-order valence-electron chi connectivity index (χ3n) is 6.17. The fourth-order valence-corrected chi connectivity index (χ4v) is 4.38. The number of benzene rings is 1. The van der Waals surface area contributed by atoms with Gasteiger partial charge in [0.15, 0.2) is 0 Å². The van der Waals surface area contributed by atoms with Gasteiger partial charge >= 0.3 is 0 Å². The van der Waals surface area contributed by atoms with E-state index in [1.807, 2.05) is 47.8 Å². The topological polar surface area (TPSA) is 78.2 Å². The molecule has 1 saturated heterocycles. The molecule has 0 saturated carbocycles. The summed E-state index contributed by atoms with van der Waals surface area (Å²) >= 11 is 0. The summed E-state index contributed by atoms with van der Waals surface area (Å²) in [5.74, 6) is 0.802. The molecular formula is C25H24N8. The van der Waals surface area contributed by atoms with Crippen molar-refractivity contribution in [1.29, 1.82) is 0 Å². The summed E-state index contributed by atoms with van der Waals surface area (Å²) in [6, 6.07) is 14.7. The summed E-state index contributed by atoms with van der Waals surface area (Å²) in [5.41, 5.74) is 6.81. The molecule has 5 aromatic rings. The van der Waals surface area contributed by atoms with Crippen LogP contribution in [0.15, 0.2) is 79.6 Å². The first-order valence-electron chi connectivity index (χ1n) is 11.1. The zero-order valence-electron chi connectivity index (χ0n) is 18.2. The Labute approximate surface area is 191 Å². The van der Waals surface area contributed by atoms with E-state index in [0.29, 0.717) is 0 Å². The molecule has 33 heavy (non-hydrogen) atoms. The monoisotopic (exact) mass is 436 g/mol. The molecule has 1 aliphatic heterocycles. The van der Waals surface area contributed by atoms with Crippen molar-refractivity contribution in [1.82, 2.24) is 29.8 Å². The molecule has 5 heterocycles. The van der Waals surface area contributed by atoms with Crippen LogP contribution in [0.3, 0.4) is 0 Å². The van der Waals surface area contributed by atoms with Crippen molar-refractivity contribution in [2.24, 2.45) is 0 Å². The van der Waals surface area contributed by atoms with E-state index >= 15 is 0 Å². The quantitative estimate of drug-likeness (QED) is 0.455. The first-order valence-corrected chi connectivity index (χ1v) is 11.1. The van der Waals surface area contributed by atoms with Gasteiger partial charge in [-0.1, -0.05) is 36.4 Å². The zero-order chi connectivity index (χ0) is 22.0. The molecule has 1 N–H and O–H groups in total. The number of nitrogens with zero attached hydrogens (tertiary/aromatic N) is 7. The van der Waals surface area contributed by atoms with E-state index in [2.05, 4.69) is 71.5 Å². The first-order chi connectivity index (χ1) is 16.3. The Hall–Kier alpha value is -4.20. The van der Waals surface area contributed by atoms with E-state index < -0.39 is 0 Å². The van der Waals surface area contributed by atoms with Gasteiger partial charge in [-0.2, -0.15) is 10.2 Å². The van der Waals surface area contributed by atoms with E-state index in [9.17, 15) is 0 Å². The fraction of sp³-hybridized carbons (Fsp3) is 0.200. The lowest BCUT2D eigenvalue weighted by molar-refractivity contribution is 0.641. The van der Waals surface area contributed by atoms with Crippen LogP contribution in [0.5, 0.6) is 0 Å². The molecule has 1 aromatic carbocycles. The van der Waals surface area contributed by atoms with E-state index in [1.165, 1.54) is 5.56 Å². The molecule has 0 bridgehead atoms. The van der Waals surface area contributed by atoms with E-state index in [0.717, 1.165) is 66.4 Å².